The van der Waals surface area contributed by atoms with Crippen LogP contribution in [0, 0.1) is 35.0 Å². The van der Waals surface area contributed by atoms with Crippen molar-refractivity contribution in [3.63, 3.8) is 0 Å². The van der Waals surface area contributed by atoms with Crippen LogP contribution < -0.4 is 0 Å². The van der Waals surface area contributed by atoms with E-state index in [1.165, 1.54) is 44.1 Å². The molecule has 0 N–H and O–H groups in total. The molecule has 0 aromatic heterocycles. The standard InChI is InChI=1S/C26H44O2Si/c1-8-17-15-18-16-19(27)9-10-20(18)21-13-14-26(5)22(24(17)21)11-12-23(26)28-29(6,7)25(2,3)4/h16-17,20-24H,8-15H2,1-7H3/t17-,20+,21-,22+,23+,24-,26+/m1/s1. The number of rotatable bonds is 3. The van der Waals surface area contributed by atoms with E-state index in [1.807, 2.05) is 0 Å². The maximum atomic E-state index is 12.1. The molecule has 2 nitrogen and oxygen atoms in total. The summed E-state index contributed by atoms with van der Waals surface area (Å²) >= 11 is 0. The van der Waals surface area contributed by atoms with Gasteiger partial charge in [0, 0.05) is 6.42 Å². The first-order valence-electron chi connectivity index (χ1n) is 12.4. The molecule has 0 heterocycles. The highest BCUT2D eigenvalue weighted by atomic mass is 28.4. The van der Waals surface area contributed by atoms with Crippen molar-refractivity contribution in [3.8, 4) is 0 Å². The van der Waals surface area contributed by atoms with Crippen LogP contribution in [0.5, 0.6) is 0 Å². The normalized spacial score (nSPS) is 42.7. The summed E-state index contributed by atoms with van der Waals surface area (Å²) in [6, 6.07) is 0. The highest BCUT2D eigenvalue weighted by Gasteiger charge is 2.59. The van der Waals surface area contributed by atoms with E-state index in [-0.39, 0.29) is 5.04 Å². The molecule has 4 aliphatic carbocycles. The van der Waals surface area contributed by atoms with Gasteiger partial charge in [0.05, 0.1) is 6.10 Å². The van der Waals surface area contributed by atoms with Crippen molar-refractivity contribution >= 4 is 14.1 Å². The van der Waals surface area contributed by atoms with Gasteiger partial charge >= 0.3 is 0 Å². The summed E-state index contributed by atoms with van der Waals surface area (Å²) in [6.07, 6.45) is 12.2. The van der Waals surface area contributed by atoms with Crippen LogP contribution in [0.4, 0.5) is 0 Å². The Bertz CT molecular complexity index is 687. The van der Waals surface area contributed by atoms with E-state index in [9.17, 15) is 4.79 Å². The lowest BCUT2D eigenvalue weighted by atomic mass is 9.49. The number of hydrogen-bond donors (Lipinski definition) is 0. The summed E-state index contributed by atoms with van der Waals surface area (Å²) in [5.74, 6) is 4.34. The van der Waals surface area contributed by atoms with Crippen molar-refractivity contribution in [2.24, 2.45) is 35.0 Å². The van der Waals surface area contributed by atoms with E-state index in [1.54, 1.807) is 0 Å². The first-order valence-corrected chi connectivity index (χ1v) is 15.3. The summed E-state index contributed by atoms with van der Waals surface area (Å²) in [4.78, 5) is 12.1. The Balaban J connectivity index is 1.60. The molecular formula is C26H44O2Si. The first-order chi connectivity index (χ1) is 13.5. The third kappa shape index (κ3) is 3.52. The minimum Gasteiger partial charge on any atom is -0.413 e. The van der Waals surface area contributed by atoms with E-state index in [0.717, 1.165) is 36.5 Å². The third-order valence-corrected chi connectivity index (χ3v) is 14.6. The molecule has 3 heteroatoms. The molecular weight excluding hydrogens is 372 g/mol. The van der Waals surface area contributed by atoms with Gasteiger partial charge in [-0.2, -0.15) is 0 Å². The quantitative estimate of drug-likeness (QED) is 0.456. The van der Waals surface area contributed by atoms with Crippen LogP contribution in [0.1, 0.15) is 86.0 Å². The van der Waals surface area contributed by atoms with Crippen molar-refractivity contribution < 1.29 is 9.22 Å². The van der Waals surface area contributed by atoms with Crippen molar-refractivity contribution in [1.29, 1.82) is 0 Å². The van der Waals surface area contributed by atoms with Crippen molar-refractivity contribution in [3.05, 3.63) is 11.6 Å². The lowest BCUT2D eigenvalue weighted by Crippen LogP contribution is -2.53. The molecule has 0 spiro atoms. The predicted octanol–water partition coefficient (Wildman–Crippen LogP) is 7.15. The Morgan fingerprint density at radius 2 is 1.90 bits per heavy atom. The fourth-order valence-electron chi connectivity index (χ4n) is 7.47. The molecule has 0 unspecified atom stereocenters. The van der Waals surface area contributed by atoms with Gasteiger partial charge in [-0.25, -0.2) is 0 Å². The molecule has 0 saturated heterocycles. The van der Waals surface area contributed by atoms with Crippen LogP contribution in [-0.4, -0.2) is 20.2 Å². The zero-order valence-corrected chi connectivity index (χ0v) is 21.0. The summed E-state index contributed by atoms with van der Waals surface area (Å²) in [5.41, 5.74) is 1.88. The van der Waals surface area contributed by atoms with Gasteiger partial charge in [0.15, 0.2) is 14.1 Å². The molecule has 0 aliphatic heterocycles. The van der Waals surface area contributed by atoms with Gasteiger partial charge in [0.25, 0.3) is 0 Å². The topological polar surface area (TPSA) is 26.3 Å². The van der Waals surface area contributed by atoms with Gasteiger partial charge in [-0.15, -0.1) is 0 Å². The van der Waals surface area contributed by atoms with E-state index in [0.29, 0.717) is 23.2 Å². The zero-order valence-electron chi connectivity index (χ0n) is 20.0. The average molecular weight is 417 g/mol. The number of fused-ring (bicyclic) bond motifs is 5. The van der Waals surface area contributed by atoms with E-state index in [4.69, 9.17) is 4.43 Å². The van der Waals surface area contributed by atoms with Gasteiger partial charge in [-0.1, -0.05) is 46.6 Å². The summed E-state index contributed by atoms with van der Waals surface area (Å²) in [5, 5.41) is 0.282. The fraction of sp³-hybridized carbons (Fsp3) is 0.885. The minimum atomic E-state index is -1.74. The lowest BCUT2D eigenvalue weighted by molar-refractivity contribution is -0.116. The number of hydrogen-bond acceptors (Lipinski definition) is 2. The van der Waals surface area contributed by atoms with Crippen LogP contribution in [0.2, 0.25) is 18.1 Å². The molecule has 7 atom stereocenters. The highest BCUT2D eigenvalue weighted by molar-refractivity contribution is 6.74. The molecule has 0 radical (unpaired) electrons. The van der Waals surface area contributed by atoms with Crippen molar-refractivity contribution in [1.82, 2.24) is 0 Å². The molecule has 29 heavy (non-hydrogen) atoms. The summed E-state index contributed by atoms with van der Waals surface area (Å²) < 4.78 is 7.09. The number of allylic oxidation sites excluding steroid dienone is 1. The Hall–Kier alpha value is -0.413. The van der Waals surface area contributed by atoms with Gasteiger partial charge in [-0.05, 0) is 97.7 Å². The first kappa shape index (κ1) is 21.8. The van der Waals surface area contributed by atoms with Crippen molar-refractivity contribution in [2.75, 3.05) is 0 Å². The molecule has 4 rings (SSSR count). The molecule has 4 aliphatic rings. The van der Waals surface area contributed by atoms with E-state index >= 15 is 0 Å². The molecule has 0 bridgehead atoms. The largest absolute Gasteiger partial charge is 0.413 e. The van der Waals surface area contributed by atoms with Gasteiger partial charge in [0.1, 0.15) is 0 Å². The lowest BCUT2D eigenvalue weighted by Gasteiger charge is -2.57. The Labute approximate surface area is 180 Å². The minimum absolute atomic E-state index is 0.282. The molecule has 0 aromatic carbocycles. The molecule has 0 aromatic rings. The Morgan fingerprint density at radius 3 is 2.55 bits per heavy atom. The van der Waals surface area contributed by atoms with E-state index in [2.05, 4.69) is 53.8 Å². The maximum Gasteiger partial charge on any atom is 0.192 e. The molecule has 164 valence electrons. The number of carbonyl (C=O) groups is 1. The fourth-order valence-corrected chi connectivity index (χ4v) is 8.93. The number of ketones is 1. The third-order valence-electron chi connectivity index (χ3n) is 10.1. The zero-order chi connectivity index (χ0) is 21.2. The second-order valence-corrected chi connectivity index (χ2v) is 17.3. The summed E-state index contributed by atoms with van der Waals surface area (Å²) in [7, 11) is -1.74. The highest BCUT2D eigenvalue weighted by Crippen LogP contribution is 2.64. The van der Waals surface area contributed by atoms with Gasteiger partial charge < -0.3 is 4.43 Å². The van der Waals surface area contributed by atoms with Crippen LogP contribution >= 0.6 is 0 Å². The van der Waals surface area contributed by atoms with Gasteiger partial charge in [0.2, 0.25) is 0 Å². The van der Waals surface area contributed by atoms with Crippen LogP contribution in [0.3, 0.4) is 0 Å². The summed E-state index contributed by atoms with van der Waals surface area (Å²) in [6.45, 7) is 17.0. The molecule has 3 saturated carbocycles. The number of carbonyl (C=O) groups excluding carboxylic acids is 1. The molecule has 0 amide bonds. The van der Waals surface area contributed by atoms with E-state index < -0.39 is 8.32 Å². The second kappa shape index (κ2) is 7.33. The SMILES string of the molecule is CC[C@@H]1CC2=CC(=O)CC[C@@H]2[C@H]2CC[C@]3(C)[C@@H](O[Si](C)(C)C(C)(C)C)CC[C@H]3[C@H]12. The smallest absolute Gasteiger partial charge is 0.192 e. The van der Waals surface area contributed by atoms with Crippen LogP contribution in [0.15, 0.2) is 11.6 Å². The average Bonchev–Trinajstić information content (AvgIpc) is 2.95. The van der Waals surface area contributed by atoms with Crippen LogP contribution in [-0.2, 0) is 9.22 Å². The Morgan fingerprint density at radius 1 is 1.17 bits per heavy atom. The predicted molar refractivity (Wildman–Crippen MR) is 123 cm³/mol. The molecule has 3 fully saturated rings. The Kier molecular flexibility index (Phi) is 5.51. The van der Waals surface area contributed by atoms with Crippen LogP contribution in [0.25, 0.3) is 0 Å². The maximum absolute atomic E-state index is 12.1. The monoisotopic (exact) mass is 416 g/mol. The van der Waals surface area contributed by atoms with Crippen molar-refractivity contribution in [2.45, 2.75) is 110 Å². The van der Waals surface area contributed by atoms with Gasteiger partial charge in [-0.3, -0.25) is 4.79 Å². The second-order valence-electron chi connectivity index (χ2n) is 12.5.